The first-order valence-electron chi connectivity index (χ1n) is 5.41. The molecular weight excluding hydrogens is 291 g/mol. The van der Waals surface area contributed by atoms with Gasteiger partial charge >= 0.3 is 0 Å². The first kappa shape index (κ1) is 13.8. The number of aryl methyl sites for hydroxylation is 2. The monoisotopic (exact) mass is 304 g/mol. The number of halogens is 2. The highest BCUT2D eigenvalue weighted by atomic mass is 35.5. The van der Waals surface area contributed by atoms with Crippen LogP contribution in [0.3, 0.4) is 0 Å². The Morgan fingerprint density at radius 3 is 2.72 bits per heavy atom. The van der Waals surface area contributed by atoms with Crippen molar-refractivity contribution >= 4 is 34.5 Å². The van der Waals surface area contributed by atoms with Crippen LogP contribution in [0.4, 0.5) is 0 Å². The van der Waals surface area contributed by atoms with Gasteiger partial charge in [0.25, 0.3) is 0 Å². The smallest absolute Gasteiger partial charge is 0.0847 e. The third-order valence-electron chi connectivity index (χ3n) is 2.82. The molecule has 98 valence electrons. The Kier molecular flexibility index (Phi) is 4.29. The minimum Gasteiger partial charge on any atom is -0.271 e. The number of hydrogen-bond donors (Lipinski definition) is 2. The predicted molar refractivity (Wildman–Crippen MR) is 76.1 cm³/mol. The Morgan fingerprint density at radius 2 is 2.28 bits per heavy atom. The number of nitrogens with one attached hydrogen (secondary N) is 1. The summed E-state index contributed by atoms with van der Waals surface area (Å²) >= 11 is 13.9. The molecule has 0 saturated carbocycles. The largest absolute Gasteiger partial charge is 0.271 e. The normalized spacial score (nSPS) is 12.9. The molecule has 1 unspecified atom stereocenters. The van der Waals surface area contributed by atoms with Gasteiger partial charge in [-0.15, -0.1) is 11.3 Å². The van der Waals surface area contributed by atoms with Gasteiger partial charge in [0.1, 0.15) is 0 Å². The zero-order chi connectivity index (χ0) is 13.3. The molecule has 0 saturated heterocycles. The molecule has 2 rings (SSSR count). The lowest BCUT2D eigenvalue weighted by Crippen LogP contribution is -2.29. The van der Waals surface area contributed by atoms with Crippen molar-refractivity contribution in [1.82, 2.24) is 15.2 Å². The standard InChI is InChI=1S/C11H14Cl2N4S/c1-6-10(13)9(17(2)16-6)5-8(15-14)11-7(12)3-4-18-11/h3-4,8,15H,5,14H2,1-2H3. The van der Waals surface area contributed by atoms with Crippen molar-refractivity contribution in [3.05, 3.63) is 37.8 Å². The molecule has 0 aliphatic heterocycles. The van der Waals surface area contributed by atoms with E-state index < -0.39 is 0 Å². The van der Waals surface area contributed by atoms with Gasteiger partial charge in [0.15, 0.2) is 0 Å². The van der Waals surface area contributed by atoms with E-state index in [0.29, 0.717) is 11.4 Å². The minimum atomic E-state index is -0.0650. The summed E-state index contributed by atoms with van der Waals surface area (Å²) in [4.78, 5) is 1.01. The highest BCUT2D eigenvalue weighted by Gasteiger charge is 2.20. The molecule has 2 aromatic rings. The van der Waals surface area contributed by atoms with Gasteiger partial charge in [-0.1, -0.05) is 23.2 Å². The molecule has 0 aliphatic carbocycles. The molecule has 2 heterocycles. The summed E-state index contributed by atoms with van der Waals surface area (Å²) in [6.07, 6.45) is 0.646. The maximum Gasteiger partial charge on any atom is 0.0847 e. The fourth-order valence-corrected chi connectivity index (χ4v) is 3.36. The van der Waals surface area contributed by atoms with Gasteiger partial charge in [-0.2, -0.15) is 5.10 Å². The molecule has 0 spiro atoms. The third kappa shape index (κ3) is 2.55. The van der Waals surface area contributed by atoms with Crippen molar-refractivity contribution in [2.24, 2.45) is 12.9 Å². The summed E-state index contributed by atoms with van der Waals surface area (Å²) in [5, 5.41) is 7.64. The molecule has 0 aliphatic rings. The lowest BCUT2D eigenvalue weighted by Gasteiger charge is -2.15. The highest BCUT2D eigenvalue weighted by Crippen LogP contribution is 2.32. The van der Waals surface area contributed by atoms with E-state index in [9.17, 15) is 0 Å². The summed E-state index contributed by atoms with van der Waals surface area (Å²) in [7, 11) is 1.87. The Bertz CT molecular complexity index is 549. The van der Waals surface area contributed by atoms with Crippen LogP contribution in [0.5, 0.6) is 0 Å². The SMILES string of the molecule is Cc1nn(C)c(CC(NN)c2sccc2Cl)c1Cl. The van der Waals surface area contributed by atoms with Crippen LogP contribution in [-0.2, 0) is 13.5 Å². The zero-order valence-electron chi connectivity index (χ0n) is 10.1. The number of thiophene rings is 1. The van der Waals surface area contributed by atoms with Gasteiger partial charge in [0.2, 0.25) is 0 Å². The Morgan fingerprint density at radius 1 is 1.56 bits per heavy atom. The van der Waals surface area contributed by atoms with Gasteiger partial charge < -0.3 is 0 Å². The van der Waals surface area contributed by atoms with E-state index in [4.69, 9.17) is 29.0 Å². The fourth-order valence-electron chi connectivity index (χ4n) is 1.88. The Hall–Kier alpha value is -0.590. The van der Waals surface area contributed by atoms with Gasteiger partial charge in [-0.05, 0) is 18.4 Å². The number of nitrogens with zero attached hydrogens (tertiary/aromatic N) is 2. The molecule has 18 heavy (non-hydrogen) atoms. The summed E-state index contributed by atoms with van der Waals surface area (Å²) in [5.74, 6) is 5.61. The topological polar surface area (TPSA) is 55.9 Å². The average molecular weight is 305 g/mol. The Labute approximate surface area is 120 Å². The second kappa shape index (κ2) is 5.59. The zero-order valence-corrected chi connectivity index (χ0v) is 12.4. The molecule has 2 aromatic heterocycles. The van der Waals surface area contributed by atoms with E-state index in [1.54, 1.807) is 16.0 Å². The van der Waals surface area contributed by atoms with Crippen LogP contribution in [0.2, 0.25) is 10.0 Å². The van der Waals surface area contributed by atoms with Crippen LogP contribution in [0, 0.1) is 6.92 Å². The van der Waals surface area contributed by atoms with Gasteiger partial charge in [-0.25, -0.2) is 0 Å². The predicted octanol–water partition coefficient (Wildman–Crippen LogP) is 2.84. The van der Waals surface area contributed by atoms with Crippen molar-refractivity contribution in [3.63, 3.8) is 0 Å². The average Bonchev–Trinajstić information content (AvgIpc) is 2.84. The lowest BCUT2D eigenvalue weighted by atomic mass is 10.1. The molecule has 0 amide bonds. The number of hydrazine groups is 1. The van der Waals surface area contributed by atoms with Crippen LogP contribution < -0.4 is 11.3 Å². The maximum absolute atomic E-state index is 6.23. The quantitative estimate of drug-likeness (QED) is 0.674. The molecule has 0 aromatic carbocycles. The van der Waals surface area contributed by atoms with Crippen LogP contribution in [0.25, 0.3) is 0 Å². The molecule has 0 bridgehead atoms. The highest BCUT2D eigenvalue weighted by molar-refractivity contribution is 7.10. The summed E-state index contributed by atoms with van der Waals surface area (Å²) in [5.41, 5.74) is 4.55. The molecule has 3 N–H and O–H groups in total. The second-order valence-corrected chi connectivity index (χ2v) is 5.76. The van der Waals surface area contributed by atoms with Crippen LogP contribution in [0.1, 0.15) is 22.3 Å². The van der Waals surface area contributed by atoms with E-state index in [1.807, 2.05) is 25.4 Å². The molecule has 4 nitrogen and oxygen atoms in total. The van der Waals surface area contributed by atoms with E-state index in [1.165, 1.54) is 0 Å². The van der Waals surface area contributed by atoms with E-state index in [0.717, 1.165) is 21.3 Å². The summed E-state index contributed by atoms with van der Waals surface area (Å²) in [6.45, 7) is 1.88. The van der Waals surface area contributed by atoms with E-state index in [-0.39, 0.29) is 6.04 Å². The Balaban J connectivity index is 2.29. The number of aromatic nitrogens is 2. The minimum absolute atomic E-state index is 0.0650. The van der Waals surface area contributed by atoms with Crippen molar-refractivity contribution in [3.8, 4) is 0 Å². The van der Waals surface area contributed by atoms with Crippen LogP contribution in [0.15, 0.2) is 11.4 Å². The van der Waals surface area contributed by atoms with Crippen molar-refractivity contribution in [1.29, 1.82) is 0 Å². The van der Waals surface area contributed by atoms with Crippen molar-refractivity contribution < 1.29 is 0 Å². The lowest BCUT2D eigenvalue weighted by molar-refractivity contribution is 0.537. The third-order valence-corrected chi connectivity index (χ3v) is 4.79. The summed E-state index contributed by atoms with van der Waals surface area (Å²) < 4.78 is 1.78. The summed E-state index contributed by atoms with van der Waals surface area (Å²) in [6, 6.07) is 1.80. The first-order chi connectivity index (χ1) is 8.54. The second-order valence-electron chi connectivity index (χ2n) is 4.03. The molecule has 7 heteroatoms. The molecule has 1 atom stereocenters. The van der Waals surface area contributed by atoms with E-state index in [2.05, 4.69) is 10.5 Å². The van der Waals surface area contributed by atoms with Crippen molar-refractivity contribution in [2.75, 3.05) is 0 Å². The van der Waals surface area contributed by atoms with E-state index >= 15 is 0 Å². The maximum atomic E-state index is 6.23. The van der Waals surface area contributed by atoms with Crippen molar-refractivity contribution in [2.45, 2.75) is 19.4 Å². The van der Waals surface area contributed by atoms with Gasteiger partial charge in [0, 0.05) is 18.3 Å². The molecular formula is C11H14Cl2N4S. The fraction of sp³-hybridized carbons (Fsp3) is 0.364. The number of hydrogen-bond acceptors (Lipinski definition) is 4. The number of nitrogens with two attached hydrogens (primary N) is 1. The first-order valence-corrected chi connectivity index (χ1v) is 7.05. The van der Waals surface area contributed by atoms with Gasteiger partial charge in [-0.3, -0.25) is 16.0 Å². The van der Waals surface area contributed by atoms with Gasteiger partial charge in [0.05, 0.1) is 27.5 Å². The molecule has 0 fully saturated rings. The van der Waals surface area contributed by atoms with Crippen LogP contribution in [-0.4, -0.2) is 9.78 Å². The number of rotatable bonds is 4. The van der Waals surface area contributed by atoms with Crippen LogP contribution >= 0.6 is 34.5 Å². The molecule has 0 radical (unpaired) electrons.